The molecule has 10 heteroatoms. The van der Waals surface area contributed by atoms with E-state index >= 15 is 0 Å². The minimum Gasteiger partial charge on any atom is -0.486 e. The van der Waals surface area contributed by atoms with Crippen molar-refractivity contribution in [2.24, 2.45) is 5.92 Å². The lowest BCUT2D eigenvalue weighted by Crippen LogP contribution is -2.37. The molecular formula is C25H25ClN4O5. The van der Waals surface area contributed by atoms with E-state index in [0.717, 1.165) is 6.42 Å². The van der Waals surface area contributed by atoms with E-state index in [9.17, 15) is 9.59 Å². The Bertz CT molecular complexity index is 1250. The molecule has 2 aromatic carbocycles. The topological polar surface area (TPSA) is 98.0 Å². The van der Waals surface area contributed by atoms with Gasteiger partial charge in [0.1, 0.15) is 13.2 Å². The van der Waals surface area contributed by atoms with E-state index in [-0.39, 0.29) is 24.8 Å². The van der Waals surface area contributed by atoms with Crippen LogP contribution in [-0.4, -0.2) is 53.2 Å². The number of carbonyl (C=O) groups is 2. The summed E-state index contributed by atoms with van der Waals surface area (Å²) < 4.78 is 17.0. The van der Waals surface area contributed by atoms with Gasteiger partial charge in [0.05, 0.1) is 23.0 Å². The monoisotopic (exact) mass is 496 g/mol. The predicted molar refractivity (Wildman–Crippen MR) is 128 cm³/mol. The Morgan fingerprint density at radius 1 is 1.14 bits per heavy atom. The van der Waals surface area contributed by atoms with Gasteiger partial charge in [0.15, 0.2) is 11.5 Å². The van der Waals surface area contributed by atoms with E-state index in [1.165, 1.54) is 0 Å². The summed E-state index contributed by atoms with van der Waals surface area (Å²) >= 11 is 6.23. The molecule has 1 saturated heterocycles. The number of carbonyl (C=O) groups excluding carboxylic acids is 2. The minimum atomic E-state index is -0.465. The lowest BCUT2D eigenvalue weighted by molar-refractivity contribution is -0.136. The summed E-state index contributed by atoms with van der Waals surface area (Å²) in [6.45, 7) is 3.93. The van der Waals surface area contributed by atoms with Gasteiger partial charge in [-0.3, -0.25) is 9.59 Å². The highest BCUT2D eigenvalue weighted by Crippen LogP contribution is 2.36. The molecule has 9 nitrogen and oxygen atoms in total. The fourth-order valence-electron chi connectivity index (χ4n) is 4.34. The van der Waals surface area contributed by atoms with Gasteiger partial charge in [-0.1, -0.05) is 30.7 Å². The third-order valence-corrected chi connectivity index (χ3v) is 6.34. The van der Waals surface area contributed by atoms with Crippen molar-refractivity contribution in [3.8, 4) is 23.0 Å². The number of nitrogens with zero attached hydrogens (tertiary/aromatic N) is 4. The summed E-state index contributed by atoms with van der Waals surface area (Å²) in [5, 5.41) is 8.71. The van der Waals surface area contributed by atoms with E-state index in [4.69, 9.17) is 25.5 Å². The summed E-state index contributed by atoms with van der Waals surface area (Å²) in [5.41, 5.74) is 1.33. The van der Waals surface area contributed by atoms with Gasteiger partial charge < -0.3 is 23.7 Å². The molecule has 0 spiro atoms. The molecule has 35 heavy (non-hydrogen) atoms. The Labute approximate surface area is 207 Å². The van der Waals surface area contributed by atoms with Crippen molar-refractivity contribution in [1.82, 2.24) is 15.1 Å². The Balaban J connectivity index is 1.29. The van der Waals surface area contributed by atoms with Crippen molar-refractivity contribution in [3.63, 3.8) is 0 Å². The number of anilines is 1. The van der Waals surface area contributed by atoms with E-state index in [1.54, 1.807) is 34.1 Å². The van der Waals surface area contributed by atoms with Gasteiger partial charge in [0.2, 0.25) is 23.6 Å². The fourth-order valence-corrected chi connectivity index (χ4v) is 4.56. The summed E-state index contributed by atoms with van der Waals surface area (Å²) in [7, 11) is 0. The first-order valence-electron chi connectivity index (χ1n) is 11.6. The molecule has 3 heterocycles. The van der Waals surface area contributed by atoms with Crippen molar-refractivity contribution in [1.29, 1.82) is 0 Å². The standard InChI is InChI=1S/C25H25ClN4O5/c1-2-9-29(15-22-27-28-24(35-22)18-5-3-4-6-19(18)26)25(32)16-12-23(31)30(14-16)17-7-8-20-21(13-17)34-11-10-33-20/h3-8,13,16H,2,9-12,14-15H2,1H3. The van der Waals surface area contributed by atoms with Crippen LogP contribution >= 0.6 is 11.6 Å². The van der Waals surface area contributed by atoms with Crippen LogP contribution in [0.1, 0.15) is 25.7 Å². The molecule has 1 unspecified atom stereocenters. The number of benzene rings is 2. The molecule has 1 fully saturated rings. The fraction of sp³-hybridized carbons (Fsp3) is 0.360. The highest BCUT2D eigenvalue weighted by molar-refractivity contribution is 6.33. The maximum atomic E-state index is 13.4. The van der Waals surface area contributed by atoms with Gasteiger partial charge in [-0.25, -0.2) is 0 Å². The number of halogens is 1. The second-order valence-corrected chi connectivity index (χ2v) is 8.88. The maximum Gasteiger partial charge on any atom is 0.249 e. The summed E-state index contributed by atoms with van der Waals surface area (Å²) in [5.74, 6) is 1.20. The van der Waals surface area contributed by atoms with E-state index < -0.39 is 5.92 Å². The number of fused-ring (bicyclic) bond motifs is 1. The zero-order chi connectivity index (χ0) is 24.4. The average molecular weight is 497 g/mol. The van der Waals surface area contributed by atoms with Gasteiger partial charge >= 0.3 is 0 Å². The number of ether oxygens (including phenoxy) is 2. The van der Waals surface area contributed by atoms with Gasteiger partial charge in [-0.05, 0) is 30.7 Å². The molecule has 0 aliphatic carbocycles. The third-order valence-electron chi connectivity index (χ3n) is 6.01. The molecule has 1 atom stereocenters. The first-order chi connectivity index (χ1) is 17.0. The lowest BCUT2D eigenvalue weighted by atomic mass is 10.1. The second kappa shape index (κ2) is 9.95. The largest absolute Gasteiger partial charge is 0.486 e. The Hall–Kier alpha value is -3.59. The SMILES string of the molecule is CCCN(Cc1nnc(-c2ccccc2Cl)o1)C(=O)C1CC(=O)N(c2ccc3c(c2)OCCO3)C1. The van der Waals surface area contributed by atoms with Gasteiger partial charge in [0, 0.05) is 31.3 Å². The highest BCUT2D eigenvalue weighted by Gasteiger charge is 2.38. The number of amides is 2. The van der Waals surface area contributed by atoms with Crippen molar-refractivity contribution in [2.75, 3.05) is 31.2 Å². The van der Waals surface area contributed by atoms with Gasteiger partial charge in [-0.2, -0.15) is 0 Å². The summed E-state index contributed by atoms with van der Waals surface area (Å²) in [6, 6.07) is 12.6. The van der Waals surface area contributed by atoms with Crippen molar-refractivity contribution >= 4 is 29.1 Å². The van der Waals surface area contributed by atoms with Crippen LogP contribution in [0.4, 0.5) is 5.69 Å². The predicted octanol–water partition coefficient (Wildman–Crippen LogP) is 3.95. The lowest BCUT2D eigenvalue weighted by Gasteiger charge is -2.24. The third kappa shape index (κ3) is 4.81. The Kier molecular flexibility index (Phi) is 6.59. The number of aromatic nitrogens is 2. The number of rotatable bonds is 7. The van der Waals surface area contributed by atoms with Crippen LogP contribution in [0.5, 0.6) is 11.5 Å². The van der Waals surface area contributed by atoms with Crippen molar-refractivity contribution in [2.45, 2.75) is 26.3 Å². The molecule has 3 aromatic rings. The first-order valence-corrected chi connectivity index (χ1v) is 12.0. The van der Waals surface area contributed by atoms with Crippen LogP contribution in [0.2, 0.25) is 5.02 Å². The van der Waals surface area contributed by atoms with Crippen LogP contribution in [0.25, 0.3) is 11.5 Å². The zero-order valence-corrected chi connectivity index (χ0v) is 20.0. The number of hydrogen-bond donors (Lipinski definition) is 0. The van der Waals surface area contributed by atoms with Crippen LogP contribution < -0.4 is 14.4 Å². The molecule has 5 rings (SSSR count). The van der Waals surface area contributed by atoms with Crippen LogP contribution in [-0.2, 0) is 16.1 Å². The molecule has 2 aliphatic rings. The molecule has 0 bridgehead atoms. The number of hydrogen-bond acceptors (Lipinski definition) is 7. The smallest absolute Gasteiger partial charge is 0.249 e. The summed E-state index contributed by atoms with van der Waals surface area (Å²) in [6.07, 6.45) is 0.895. The summed E-state index contributed by atoms with van der Waals surface area (Å²) in [4.78, 5) is 29.5. The molecule has 1 aromatic heterocycles. The molecule has 182 valence electrons. The van der Waals surface area contributed by atoms with Crippen molar-refractivity contribution < 1.29 is 23.5 Å². The van der Waals surface area contributed by atoms with E-state index in [2.05, 4.69) is 10.2 Å². The van der Waals surface area contributed by atoms with Crippen LogP contribution in [0.3, 0.4) is 0 Å². The van der Waals surface area contributed by atoms with E-state index in [0.29, 0.717) is 65.9 Å². The molecular weight excluding hydrogens is 472 g/mol. The Morgan fingerprint density at radius 2 is 1.94 bits per heavy atom. The normalized spacial score (nSPS) is 17.0. The quantitative estimate of drug-likeness (QED) is 0.488. The minimum absolute atomic E-state index is 0.102. The van der Waals surface area contributed by atoms with Crippen molar-refractivity contribution in [3.05, 3.63) is 53.4 Å². The van der Waals surface area contributed by atoms with E-state index in [1.807, 2.05) is 25.1 Å². The molecule has 0 saturated carbocycles. The van der Waals surface area contributed by atoms with Gasteiger partial charge in [0.25, 0.3) is 0 Å². The Morgan fingerprint density at radius 3 is 2.74 bits per heavy atom. The maximum absolute atomic E-state index is 13.4. The first kappa shape index (κ1) is 23.2. The van der Waals surface area contributed by atoms with Gasteiger partial charge in [-0.15, -0.1) is 10.2 Å². The van der Waals surface area contributed by atoms with Crippen LogP contribution in [0.15, 0.2) is 46.9 Å². The molecule has 0 radical (unpaired) electrons. The molecule has 2 amide bonds. The zero-order valence-electron chi connectivity index (χ0n) is 19.3. The average Bonchev–Trinajstić information content (AvgIpc) is 3.50. The van der Waals surface area contributed by atoms with Crippen LogP contribution in [0, 0.1) is 5.92 Å². The highest BCUT2D eigenvalue weighted by atomic mass is 35.5. The molecule has 2 aliphatic heterocycles. The second-order valence-electron chi connectivity index (χ2n) is 8.47. The molecule has 0 N–H and O–H groups in total.